The first-order valence-electron chi connectivity index (χ1n) is 6.47. The highest BCUT2D eigenvalue weighted by Gasteiger charge is 2.37. The zero-order valence-corrected chi connectivity index (χ0v) is 11.4. The first-order chi connectivity index (χ1) is 9.25. The van der Waals surface area contributed by atoms with Crippen LogP contribution in [0.4, 0.5) is 10.2 Å². The van der Waals surface area contributed by atoms with Crippen molar-refractivity contribution in [3.05, 3.63) is 24.1 Å². The van der Waals surface area contributed by atoms with Gasteiger partial charge in [-0.05, 0) is 12.1 Å². The fourth-order valence-corrected chi connectivity index (χ4v) is 3.36. The fourth-order valence-electron chi connectivity index (χ4n) is 2.46. The maximum absolute atomic E-state index is 13.5. The number of amides is 1. The molecule has 2 aliphatic heterocycles. The average molecular weight is 281 g/mol. The molecule has 0 bridgehead atoms. The predicted octanol–water partition coefficient (Wildman–Crippen LogP) is 1.23. The number of carbonyl (C=O) groups excluding carboxylic acids is 1. The molecule has 19 heavy (non-hydrogen) atoms. The molecule has 1 aromatic heterocycles. The minimum absolute atomic E-state index is 0.00417. The van der Waals surface area contributed by atoms with Crippen LogP contribution in [-0.2, 0) is 4.79 Å². The maximum Gasteiger partial charge on any atom is 0.229 e. The van der Waals surface area contributed by atoms with Crippen LogP contribution in [0.15, 0.2) is 18.3 Å². The van der Waals surface area contributed by atoms with Crippen molar-refractivity contribution >= 4 is 23.5 Å². The van der Waals surface area contributed by atoms with Gasteiger partial charge in [-0.3, -0.25) is 4.79 Å². The van der Waals surface area contributed by atoms with Crippen LogP contribution in [0.25, 0.3) is 0 Å². The van der Waals surface area contributed by atoms with Gasteiger partial charge < -0.3 is 9.80 Å². The highest BCUT2D eigenvalue weighted by atomic mass is 32.2. The number of thioether (sulfide) groups is 1. The van der Waals surface area contributed by atoms with E-state index in [2.05, 4.69) is 4.98 Å². The predicted molar refractivity (Wildman–Crippen MR) is 73.8 cm³/mol. The summed E-state index contributed by atoms with van der Waals surface area (Å²) in [5.41, 5.74) is 0. The Morgan fingerprint density at radius 3 is 2.79 bits per heavy atom. The number of hydrogen-bond donors (Lipinski definition) is 0. The standard InChI is InChI=1S/C13H16FN3OS/c14-11-2-1-3-15-12(11)17-8-10(9-17)13(18)16-4-6-19-7-5-16/h1-3,10H,4-9H2. The normalized spacial score (nSPS) is 20.3. The highest BCUT2D eigenvalue weighted by molar-refractivity contribution is 7.99. The van der Waals surface area contributed by atoms with Crippen LogP contribution in [0.2, 0.25) is 0 Å². The van der Waals surface area contributed by atoms with Crippen LogP contribution >= 0.6 is 11.8 Å². The van der Waals surface area contributed by atoms with E-state index in [0.717, 1.165) is 24.6 Å². The van der Waals surface area contributed by atoms with E-state index in [1.165, 1.54) is 6.07 Å². The van der Waals surface area contributed by atoms with Gasteiger partial charge >= 0.3 is 0 Å². The van der Waals surface area contributed by atoms with Crippen molar-refractivity contribution < 1.29 is 9.18 Å². The van der Waals surface area contributed by atoms with E-state index in [1.807, 2.05) is 21.6 Å². The number of rotatable bonds is 2. The smallest absolute Gasteiger partial charge is 0.229 e. The number of pyridine rings is 1. The van der Waals surface area contributed by atoms with Crippen molar-refractivity contribution in [2.75, 3.05) is 42.6 Å². The van der Waals surface area contributed by atoms with E-state index in [0.29, 0.717) is 18.9 Å². The molecule has 3 heterocycles. The number of carbonyl (C=O) groups is 1. The summed E-state index contributed by atoms with van der Waals surface area (Å²) in [6, 6.07) is 2.98. The molecule has 0 aliphatic carbocycles. The third kappa shape index (κ3) is 2.54. The van der Waals surface area contributed by atoms with Gasteiger partial charge in [0.25, 0.3) is 0 Å². The number of halogens is 1. The fraction of sp³-hybridized carbons (Fsp3) is 0.538. The molecular weight excluding hydrogens is 265 g/mol. The Morgan fingerprint density at radius 1 is 1.37 bits per heavy atom. The second-order valence-corrected chi connectivity index (χ2v) is 6.07. The van der Waals surface area contributed by atoms with Crippen LogP contribution < -0.4 is 4.90 Å². The van der Waals surface area contributed by atoms with Crippen molar-refractivity contribution in [1.29, 1.82) is 0 Å². The zero-order chi connectivity index (χ0) is 13.2. The molecule has 1 aromatic rings. The van der Waals surface area contributed by atoms with Crippen LogP contribution in [0.1, 0.15) is 0 Å². The van der Waals surface area contributed by atoms with Crippen LogP contribution in [0.5, 0.6) is 0 Å². The largest absolute Gasteiger partial charge is 0.352 e. The van der Waals surface area contributed by atoms with Gasteiger partial charge in [0, 0.05) is 43.9 Å². The third-order valence-corrected chi connectivity index (χ3v) is 4.53. The molecule has 0 aromatic carbocycles. The summed E-state index contributed by atoms with van der Waals surface area (Å²) in [5, 5.41) is 0. The summed E-state index contributed by atoms with van der Waals surface area (Å²) in [6.07, 6.45) is 1.58. The lowest BCUT2D eigenvalue weighted by Gasteiger charge is -2.42. The van der Waals surface area contributed by atoms with Crippen LogP contribution in [-0.4, -0.2) is 53.5 Å². The Balaban J connectivity index is 1.57. The maximum atomic E-state index is 13.5. The lowest BCUT2D eigenvalue weighted by atomic mass is 9.98. The van der Waals surface area contributed by atoms with Crippen LogP contribution in [0, 0.1) is 11.7 Å². The molecular formula is C13H16FN3OS. The Labute approximate surface area is 116 Å². The summed E-state index contributed by atoms with van der Waals surface area (Å²) >= 11 is 1.89. The van der Waals surface area contributed by atoms with E-state index in [1.54, 1.807) is 12.3 Å². The molecule has 2 fully saturated rings. The lowest BCUT2D eigenvalue weighted by Crippen LogP contribution is -2.56. The molecule has 0 N–H and O–H groups in total. The Hall–Kier alpha value is -1.30. The van der Waals surface area contributed by atoms with Crippen molar-refractivity contribution in [3.63, 3.8) is 0 Å². The average Bonchev–Trinajstić information content (AvgIpc) is 2.40. The molecule has 0 spiro atoms. The molecule has 0 atom stereocenters. The molecule has 0 saturated carbocycles. The molecule has 4 nitrogen and oxygen atoms in total. The van der Waals surface area contributed by atoms with Gasteiger partial charge in [-0.1, -0.05) is 0 Å². The van der Waals surface area contributed by atoms with Crippen molar-refractivity contribution in [2.45, 2.75) is 0 Å². The molecule has 2 aliphatic rings. The van der Waals surface area contributed by atoms with Gasteiger partial charge in [0.05, 0.1) is 5.92 Å². The quantitative estimate of drug-likeness (QED) is 0.817. The van der Waals surface area contributed by atoms with Crippen LogP contribution in [0.3, 0.4) is 0 Å². The van der Waals surface area contributed by atoms with Crippen molar-refractivity contribution in [1.82, 2.24) is 9.88 Å². The highest BCUT2D eigenvalue weighted by Crippen LogP contribution is 2.26. The summed E-state index contributed by atoms with van der Waals surface area (Å²) in [6.45, 7) is 2.85. The Morgan fingerprint density at radius 2 is 2.11 bits per heavy atom. The first-order valence-corrected chi connectivity index (χ1v) is 7.63. The number of hydrogen-bond acceptors (Lipinski definition) is 4. The molecule has 0 radical (unpaired) electrons. The number of nitrogens with zero attached hydrogens (tertiary/aromatic N) is 3. The minimum Gasteiger partial charge on any atom is -0.352 e. The van der Waals surface area contributed by atoms with E-state index >= 15 is 0 Å². The summed E-state index contributed by atoms with van der Waals surface area (Å²) in [4.78, 5) is 20.0. The summed E-state index contributed by atoms with van der Waals surface area (Å²) in [7, 11) is 0. The van der Waals surface area contributed by atoms with E-state index in [4.69, 9.17) is 0 Å². The van der Waals surface area contributed by atoms with Gasteiger partial charge in [-0.15, -0.1) is 0 Å². The molecule has 3 rings (SSSR count). The Bertz CT molecular complexity index is 473. The summed E-state index contributed by atoms with van der Waals surface area (Å²) in [5.74, 6) is 2.31. The third-order valence-electron chi connectivity index (χ3n) is 3.59. The SMILES string of the molecule is O=C(C1CN(c2ncccc2F)C1)N1CCSCC1. The molecule has 2 saturated heterocycles. The lowest BCUT2D eigenvalue weighted by molar-refractivity contribution is -0.135. The van der Waals surface area contributed by atoms with Gasteiger partial charge in [0.2, 0.25) is 5.91 Å². The van der Waals surface area contributed by atoms with E-state index < -0.39 is 0 Å². The van der Waals surface area contributed by atoms with Gasteiger partial charge in [0.15, 0.2) is 11.6 Å². The van der Waals surface area contributed by atoms with E-state index in [-0.39, 0.29) is 17.6 Å². The van der Waals surface area contributed by atoms with Crippen molar-refractivity contribution in [2.24, 2.45) is 5.92 Å². The second-order valence-electron chi connectivity index (χ2n) is 4.85. The minimum atomic E-state index is -0.317. The second kappa shape index (κ2) is 5.36. The molecule has 6 heteroatoms. The topological polar surface area (TPSA) is 36.4 Å². The number of aromatic nitrogens is 1. The van der Waals surface area contributed by atoms with Gasteiger partial charge in [-0.25, -0.2) is 9.37 Å². The van der Waals surface area contributed by atoms with Gasteiger partial charge in [0.1, 0.15) is 0 Å². The zero-order valence-electron chi connectivity index (χ0n) is 10.6. The molecule has 1 amide bonds. The Kier molecular flexibility index (Phi) is 3.59. The van der Waals surface area contributed by atoms with Gasteiger partial charge in [-0.2, -0.15) is 11.8 Å². The molecule has 0 unspecified atom stereocenters. The monoisotopic (exact) mass is 281 g/mol. The summed E-state index contributed by atoms with van der Waals surface area (Å²) < 4.78 is 13.5. The molecule has 102 valence electrons. The first kappa shape index (κ1) is 12.7. The van der Waals surface area contributed by atoms with Crippen molar-refractivity contribution in [3.8, 4) is 0 Å². The number of anilines is 1. The van der Waals surface area contributed by atoms with E-state index in [9.17, 15) is 9.18 Å².